The molecule has 4 aromatic rings. The SMILES string of the molecule is C=CC(=O)OCCOC(=O)c1ccccc1-c1c2cc/c(=N/c3c(CC(C)C)cccc3CC(C)C)cc-2oc2cc(Nc3c(CC(C)C)cccc3CC(C)C)ccc12. The molecule has 312 valence electrons. The molecule has 0 aromatic heterocycles. The lowest BCUT2D eigenvalue weighted by Crippen LogP contribution is -2.13. The zero-order chi connectivity index (χ0) is 42.9. The summed E-state index contributed by atoms with van der Waals surface area (Å²) in [6.45, 7) is 21.2. The standard InChI is InChI=1S/C53H60N2O5/c1-10-49(56)58-25-26-59-53(57)44-20-12-11-19-43(44)50-45-23-21-41(54-51-37(27-33(2)3)15-13-16-38(51)28-34(4)5)31-47(45)60-48-32-42(22-24-46(48)50)55-52-39(29-35(6)7)17-14-18-40(52)30-36(8)9/h10-24,31-36,54H,1,25-30H2,2-9H3/b55-42-. The quantitative estimate of drug-likeness (QED) is 0.0427. The normalized spacial score (nSPS) is 12.0. The molecule has 0 radical (unpaired) electrons. The van der Waals surface area contributed by atoms with Crippen molar-refractivity contribution in [3.63, 3.8) is 0 Å². The highest BCUT2D eigenvalue weighted by molar-refractivity contribution is 6.08. The molecule has 0 spiro atoms. The minimum absolute atomic E-state index is 0.0742. The van der Waals surface area contributed by atoms with E-state index in [1.807, 2.05) is 36.4 Å². The van der Waals surface area contributed by atoms with Crippen molar-refractivity contribution in [2.75, 3.05) is 18.5 Å². The van der Waals surface area contributed by atoms with Gasteiger partial charge in [-0.3, -0.25) is 0 Å². The topological polar surface area (TPSA) is 90.1 Å². The van der Waals surface area contributed by atoms with Crippen molar-refractivity contribution in [3.8, 4) is 22.5 Å². The molecule has 0 fully saturated rings. The summed E-state index contributed by atoms with van der Waals surface area (Å²) in [5.74, 6) is 1.49. The number of para-hydroxylation sites is 2. The van der Waals surface area contributed by atoms with Crippen molar-refractivity contribution in [3.05, 3.63) is 143 Å². The van der Waals surface area contributed by atoms with Gasteiger partial charge in [-0.2, -0.15) is 0 Å². The van der Waals surface area contributed by atoms with Gasteiger partial charge in [0.15, 0.2) is 0 Å². The number of nitrogens with one attached hydrogen (secondary N) is 1. The summed E-state index contributed by atoms with van der Waals surface area (Å²) in [5.41, 5.74) is 11.5. The summed E-state index contributed by atoms with van der Waals surface area (Å²) in [7, 11) is 0. The van der Waals surface area contributed by atoms with E-state index in [4.69, 9.17) is 18.9 Å². The fraction of sp³-hybridized carbons (Fsp3) is 0.340. The van der Waals surface area contributed by atoms with Crippen LogP contribution in [0.25, 0.3) is 33.4 Å². The molecule has 7 nitrogen and oxygen atoms in total. The highest BCUT2D eigenvalue weighted by atomic mass is 16.6. The Morgan fingerprint density at radius 3 is 1.87 bits per heavy atom. The Morgan fingerprint density at radius 1 is 0.667 bits per heavy atom. The lowest BCUT2D eigenvalue weighted by molar-refractivity contribution is -0.138. The number of benzene rings is 5. The average molecular weight is 805 g/mol. The number of esters is 2. The van der Waals surface area contributed by atoms with Gasteiger partial charge >= 0.3 is 11.9 Å². The van der Waals surface area contributed by atoms with Crippen molar-refractivity contribution in [1.82, 2.24) is 0 Å². The zero-order valence-corrected chi connectivity index (χ0v) is 36.6. The van der Waals surface area contributed by atoms with Crippen LogP contribution in [0.15, 0.2) is 119 Å². The first-order chi connectivity index (χ1) is 28.8. The maximum absolute atomic E-state index is 13.7. The summed E-state index contributed by atoms with van der Waals surface area (Å²) in [5, 5.41) is 5.45. The third kappa shape index (κ3) is 10.8. The maximum Gasteiger partial charge on any atom is 0.338 e. The fourth-order valence-corrected chi connectivity index (χ4v) is 7.91. The first-order valence-corrected chi connectivity index (χ1v) is 21.4. The van der Waals surface area contributed by atoms with E-state index in [1.165, 1.54) is 22.3 Å². The molecular weight excluding hydrogens is 745 g/mol. The maximum atomic E-state index is 13.7. The van der Waals surface area contributed by atoms with E-state index in [0.29, 0.717) is 46.1 Å². The van der Waals surface area contributed by atoms with Gasteiger partial charge in [0.2, 0.25) is 0 Å². The van der Waals surface area contributed by atoms with Crippen LogP contribution >= 0.6 is 0 Å². The number of anilines is 2. The summed E-state index contributed by atoms with van der Waals surface area (Å²) in [6.07, 6.45) is 4.84. The molecule has 6 rings (SSSR count). The number of hydrogen-bond donors (Lipinski definition) is 1. The van der Waals surface area contributed by atoms with Crippen LogP contribution in [0.5, 0.6) is 0 Å². The van der Waals surface area contributed by atoms with Crippen LogP contribution in [0.3, 0.4) is 0 Å². The van der Waals surface area contributed by atoms with E-state index >= 15 is 0 Å². The second-order valence-corrected chi connectivity index (χ2v) is 17.4. The summed E-state index contributed by atoms with van der Waals surface area (Å²) in [6, 6.07) is 32.9. The van der Waals surface area contributed by atoms with E-state index in [1.54, 1.807) is 6.07 Å². The Balaban J connectivity index is 1.55. The lowest BCUT2D eigenvalue weighted by Gasteiger charge is -2.21. The van der Waals surface area contributed by atoms with Crippen LogP contribution in [-0.4, -0.2) is 25.2 Å². The summed E-state index contributed by atoms with van der Waals surface area (Å²) < 4.78 is 17.6. The number of ether oxygens (including phenoxy) is 2. The van der Waals surface area contributed by atoms with E-state index in [0.717, 1.165) is 70.7 Å². The molecule has 2 aliphatic rings. The van der Waals surface area contributed by atoms with Gasteiger partial charge in [0.25, 0.3) is 0 Å². The van der Waals surface area contributed by atoms with Crippen LogP contribution in [0.2, 0.25) is 0 Å². The van der Waals surface area contributed by atoms with Crippen molar-refractivity contribution in [1.29, 1.82) is 0 Å². The van der Waals surface area contributed by atoms with Gasteiger partial charge in [-0.1, -0.05) is 117 Å². The van der Waals surface area contributed by atoms with Crippen LogP contribution in [-0.2, 0) is 40.0 Å². The Labute approximate surface area is 355 Å². The molecule has 0 saturated carbocycles. The number of carbonyl (C=O) groups is 2. The van der Waals surface area contributed by atoms with E-state index < -0.39 is 11.9 Å². The molecular formula is C53H60N2O5. The van der Waals surface area contributed by atoms with E-state index in [-0.39, 0.29) is 13.2 Å². The smallest absolute Gasteiger partial charge is 0.338 e. The summed E-state index contributed by atoms with van der Waals surface area (Å²) in [4.78, 5) is 30.7. The van der Waals surface area contributed by atoms with E-state index in [2.05, 4.69) is 122 Å². The zero-order valence-electron chi connectivity index (χ0n) is 36.6. The minimum Gasteiger partial charge on any atom is -0.459 e. The predicted molar refractivity (Wildman–Crippen MR) is 245 cm³/mol. The molecule has 1 aliphatic carbocycles. The third-order valence-electron chi connectivity index (χ3n) is 10.3. The predicted octanol–water partition coefficient (Wildman–Crippen LogP) is 12.9. The highest BCUT2D eigenvalue weighted by Crippen LogP contribution is 2.43. The number of hydrogen-bond acceptors (Lipinski definition) is 7. The van der Waals surface area contributed by atoms with Crippen LogP contribution in [0.4, 0.5) is 17.1 Å². The first-order valence-electron chi connectivity index (χ1n) is 21.4. The number of carbonyl (C=O) groups excluding carboxylic acids is 2. The molecule has 0 atom stereocenters. The van der Waals surface area contributed by atoms with Crippen molar-refractivity contribution >= 4 is 40.0 Å². The Hall–Kier alpha value is -5.95. The second kappa shape index (κ2) is 19.9. The fourth-order valence-electron chi connectivity index (χ4n) is 7.91. The number of rotatable bonds is 17. The molecule has 0 unspecified atom stereocenters. The Morgan fingerprint density at radius 2 is 1.25 bits per heavy atom. The van der Waals surface area contributed by atoms with Gasteiger partial charge in [-0.25, -0.2) is 14.6 Å². The van der Waals surface area contributed by atoms with Gasteiger partial charge in [-0.05, 0) is 108 Å². The summed E-state index contributed by atoms with van der Waals surface area (Å²) >= 11 is 0. The molecule has 0 bridgehead atoms. The van der Waals surface area contributed by atoms with Crippen molar-refractivity contribution in [2.24, 2.45) is 28.7 Å². The molecule has 1 heterocycles. The Bertz CT molecular complexity index is 2450. The largest absolute Gasteiger partial charge is 0.459 e. The highest BCUT2D eigenvalue weighted by Gasteiger charge is 2.23. The molecule has 60 heavy (non-hydrogen) atoms. The van der Waals surface area contributed by atoms with Gasteiger partial charge in [0.05, 0.1) is 16.6 Å². The lowest BCUT2D eigenvalue weighted by atomic mass is 9.90. The minimum atomic E-state index is -0.573. The molecule has 1 N–H and O–H groups in total. The third-order valence-corrected chi connectivity index (χ3v) is 10.3. The molecule has 0 amide bonds. The Kier molecular flexibility index (Phi) is 14.4. The van der Waals surface area contributed by atoms with Crippen LogP contribution < -0.4 is 10.7 Å². The number of nitrogens with zero attached hydrogens (tertiary/aromatic N) is 1. The second-order valence-electron chi connectivity index (χ2n) is 17.4. The van der Waals surface area contributed by atoms with Gasteiger partial charge in [0.1, 0.15) is 24.6 Å². The van der Waals surface area contributed by atoms with Crippen LogP contribution in [0.1, 0.15) is 88.0 Å². The number of fused-ring (bicyclic) bond motifs is 2. The molecule has 0 saturated heterocycles. The van der Waals surface area contributed by atoms with Crippen LogP contribution in [0, 0.1) is 23.7 Å². The van der Waals surface area contributed by atoms with E-state index in [9.17, 15) is 9.59 Å². The monoisotopic (exact) mass is 804 g/mol. The molecule has 4 aromatic carbocycles. The first kappa shape index (κ1) is 43.6. The van der Waals surface area contributed by atoms with Gasteiger partial charge < -0.3 is 19.2 Å². The molecule has 7 heteroatoms. The van der Waals surface area contributed by atoms with Gasteiger partial charge in [-0.15, -0.1) is 0 Å². The average Bonchev–Trinajstić information content (AvgIpc) is 3.20. The molecule has 1 aliphatic heterocycles. The van der Waals surface area contributed by atoms with Crippen molar-refractivity contribution in [2.45, 2.75) is 81.1 Å². The van der Waals surface area contributed by atoms with Gasteiger partial charge in [0, 0.05) is 46.1 Å². The van der Waals surface area contributed by atoms with Crippen molar-refractivity contribution < 1.29 is 23.5 Å².